The van der Waals surface area contributed by atoms with Crippen molar-refractivity contribution in [2.24, 2.45) is 0 Å². The fourth-order valence-corrected chi connectivity index (χ4v) is 3.68. The number of carbonyl (C=O) groups excluding carboxylic acids is 1. The van der Waals surface area contributed by atoms with Crippen LogP contribution in [0.4, 0.5) is 19.0 Å². The summed E-state index contributed by atoms with van der Waals surface area (Å²) < 4.78 is 66.4. The van der Waals surface area contributed by atoms with Gasteiger partial charge in [0.05, 0.1) is 19.5 Å². The van der Waals surface area contributed by atoms with Gasteiger partial charge in [-0.15, -0.1) is 0 Å². The van der Waals surface area contributed by atoms with Crippen LogP contribution in [0.1, 0.15) is 19.0 Å². The minimum absolute atomic E-state index is 0.194. The zero-order chi connectivity index (χ0) is 24.7. The van der Waals surface area contributed by atoms with E-state index in [1.807, 2.05) is 0 Å². The van der Waals surface area contributed by atoms with Gasteiger partial charge in [-0.05, 0) is 6.92 Å². The van der Waals surface area contributed by atoms with Crippen LogP contribution in [0.5, 0.6) is 0 Å². The number of nitrogens with zero attached hydrogens (tertiary/aromatic N) is 4. The SMILES string of the molecule is CCOC(=O)[C@@H](OC[C@H]1O[C@@H](n2cnc3c(N)nc(C(F)(F)F)nc32)[C@H](O)[C@H]1O)P(=O)(O)O. The Balaban J connectivity index is 1.85. The van der Waals surface area contributed by atoms with Crippen molar-refractivity contribution < 1.29 is 56.7 Å². The third-order valence-corrected chi connectivity index (χ3v) is 5.50. The van der Waals surface area contributed by atoms with Gasteiger partial charge in [0.25, 0.3) is 5.85 Å². The number of nitrogen functional groups attached to an aromatic ring is 1. The fraction of sp³-hybridized carbons (Fsp3) is 0.600. The van der Waals surface area contributed by atoms with E-state index in [1.54, 1.807) is 0 Å². The zero-order valence-corrected chi connectivity index (χ0v) is 17.6. The van der Waals surface area contributed by atoms with Crippen molar-refractivity contribution >= 4 is 30.5 Å². The van der Waals surface area contributed by atoms with Crippen molar-refractivity contribution in [3.8, 4) is 0 Å². The van der Waals surface area contributed by atoms with Crippen molar-refractivity contribution in [2.45, 2.75) is 43.5 Å². The van der Waals surface area contributed by atoms with E-state index in [-0.39, 0.29) is 12.1 Å². The number of anilines is 1. The van der Waals surface area contributed by atoms with Gasteiger partial charge in [-0.25, -0.2) is 19.7 Å². The lowest BCUT2D eigenvalue weighted by atomic mass is 10.1. The minimum Gasteiger partial charge on any atom is -0.464 e. The molecule has 5 atom stereocenters. The molecule has 0 bridgehead atoms. The number of hydrogen-bond acceptors (Lipinski definition) is 11. The molecule has 1 fully saturated rings. The highest BCUT2D eigenvalue weighted by molar-refractivity contribution is 7.53. The molecular weight excluding hydrogens is 482 g/mol. The van der Waals surface area contributed by atoms with E-state index < -0.39 is 74.0 Å². The summed E-state index contributed by atoms with van der Waals surface area (Å²) in [5.41, 5.74) is 4.84. The molecule has 2 aromatic heterocycles. The molecule has 1 saturated heterocycles. The lowest BCUT2D eigenvalue weighted by Gasteiger charge is -2.20. The predicted octanol–water partition coefficient (Wildman–Crippen LogP) is -0.870. The largest absolute Gasteiger partial charge is 0.464 e. The molecule has 0 amide bonds. The summed E-state index contributed by atoms with van der Waals surface area (Å²) in [4.78, 5) is 40.7. The highest BCUT2D eigenvalue weighted by Gasteiger charge is 2.47. The van der Waals surface area contributed by atoms with Gasteiger partial charge in [0, 0.05) is 0 Å². The molecule has 3 rings (SSSR count). The molecule has 6 N–H and O–H groups in total. The maximum Gasteiger partial charge on any atom is 0.451 e. The van der Waals surface area contributed by atoms with Crippen LogP contribution in [-0.4, -0.2) is 82.9 Å². The smallest absolute Gasteiger partial charge is 0.451 e. The van der Waals surface area contributed by atoms with E-state index in [1.165, 1.54) is 6.92 Å². The highest BCUT2D eigenvalue weighted by Crippen LogP contribution is 2.43. The van der Waals surface area contributed by atoms with Crippen LogP contribution in [0.3, 0.4) is 0 Å². The summed E-state index contributed by atoms with van der Waals surface area (Å²) in [6.07, 6.45) is -10.5. The van der Waals surface area contributed by atoms with Gasteiger partial charge >= 0.3 is 19.7 Å². The number of carbonyl (C=O) groups is 1. The highest BCUT2D eigenvalue weighted by atomic mass is 31.2. The second-order valence-electron chi connectivity index (χ2n) is 6.83. The van der Waals surface area contributed by atoms with E-state index >= 15 is 0 Å². The van der Waals surface area contributed by atoms with Crippen molar-refractivity contribution in [1.82, 2.24) is 19.5 Å². The normalized spacial score (nSPS) is 24.8. The first-order valence-corrected chi connectivity index (χ1v) is 10.9. The van der Waals surface area contributed by atoms with Gasteiger partial charge in [-0.1, -0.05) is 0 Å². The van der Waals surface area contributed by atoms with Crippen LogP contribution in [0.15, 0.2) is 6.33 Å². The van der Waals surface area contributed by atoms with Crippen LogP contribution in [0, 0.1) is 0 Å². The Kier molecular flexibility index (Phi) is 6.95. The molecule has 0 aliphatic carbocycles. The summed E-state index contributed by atoms with van der Waals surface area (Å²) in [6.45, 7) is 0.414. The van der Waals surface area contributed by atoms with Crippen molar-refractivity contribution in [1.29, 1.82) is 0 Å². The maximum absolute atomic E-state index is 13.1. The Labute approximate surface area is 182 Å². The molecule has 1 aliphatic rings. The van der Waals surface area contributed by atoms with E-state index in [4.69, 9.17) is 15.2 Å². The average molecular weight is 501 g/mol. The third kappa shape index (κ3) is 5.08. The van der Waals surface area contributed by atoms with E-state index in [2.05, 4.69) is 19.7 Å². The Bertz CT molecular complexity index is 1080. The molecule has 33 heavy (non-hydrogen) atoms. The maximum atomic E-state index is 13.1. The van der Waals surface area contributed by atoms with Crippen LogP contribution in [-0.2, 0) is 29.7 Å². The monoisotopic (exact) mass is 501 g/mol. The molecule has 0 spiro atoms. The molecule has 18 heteroatoms. The number of imidazole rings is 1. The van der Waals surface area contributed by atoms with Crippen molar-refractivity contribution in [3.63, 3.8) is 0 Å². The third-order valence-electron chi connectivity index (χ3n) is 4.53. The Hall–Kier alpha value is -2.40. The van der Waals surface area contributed by atoms with Gasteiger partial charge in [0.15, 0.2) is 17.7 Å². The number of esters is 1. The summed E-state index contributed by atoms with van der Waals surface area (Å²) >= 11 is 0. The number of nitrogens with two attached hydrogens (primary N) is 1. The summed E-state index contributed by atoms with van der Waals surface area (Å²) in [6, 6.07) is 0. The Morgan fingerprint density at radius 1 is 1.33 bits per heavy atom. The van der Waals surface area contributed by atoms with Crippen molar-refractivity contribution in [2.75, 3.05) is 18.9 Å². The number of hydrogen-bond donors (Lipinski definition) is 5. The standard InChI is InChI=1S/C15H19F3N5O9P/c1-2-30-12(26)13(33(27,28)29)31-3-5-7(24)8(25)11(32-5)23-4-20-6-9(19)21-14(15(16,17)18)22-10(6)23/h4-5,7-8,11,13,24-25H,2-3H2,1H3,(H2,19,21,22)(H2,27,28,29)/t5-,7+,8-,11-,13+/m1/s1. The molecule has 0 aromatic carbocycles. The number of alkyl halides is 3. The topological polar surface area (TPSA) is 212 Å². The number of aliphatic hydroxyl groups is 2. The molecule has 0 radical (unpaired) electrons. The second-order valence-corrected chi connectivity index (χ2v) is 8.47. The quantitative estimate of drug-likeness (QED) is 0.231. The molecule has 0 saturated carbocycles. The van der Waals surface area contributed by atoms with Gasteiger partial charge in [-0.3, -0.25) is 9.13 Å². The summed E-state index contributed by atoms with van der Waals surface area (Å²) in [5, 5.41) is 20.6. The van der Waals surface area contributed by atoms with E-state index in [0.717, 1.165) is 10.9 Å². The number of ether oxygens (including phenoxy) is 3. The van der Waals surface area contributed by atoms with Crippen molar-refractivity contribution in [3.05, 3.63) is 12.2 Å². The number of fused-ring (bicyclic) bond motifs is 1. The van der Waals surface area contributed by atoms with Crippen LogP contribution >= 0.6 is 7.60 Å². The number of aliphatic hydroxyl groups excluding tert-OH is 2. The van der Waals surface area contributed by atoms with E-state index in [9.17, 15) is 42.5 Å². The lowest BCUT2D eigenvalue weighted by Crippen LogP contribution is -2.36. The minimum atomic E-state index is -5.13. The van der Waals surface area contributed by atoms with Crippen LogP contribution < -0.4 is 5.73 Å². The fourth-order valence-electron chi connectivity index (χ4n) is 3.05. The Morgan fingerprint density at radius 3 is 2.58 bits per heavy atom. The van der Waals surface area contributed by atoms with Gasteiger partial charge in [-0.2, -0.15) is 13.2 Å². The number of halogens is 3. The number of rotatable bonds is 7. The predicted molar refractivity (Wildman–Crippen MR) is 99.1 cm³/mol. The first kappa shape index (κ1) is 25.2. The zero-order valence-electron chi connectivity index (χ0n) is 16.7. The molecule has 14 nitrogen and oxygen atoms in total. The van der Waals surface area contributed by atoms with Gasteiger partial charge in [0.1, 0.15) is 23.8 Å². The summed E-state index contributed by atoms with van der Waals surface area (Å²) in [5.74, 6) is -5.83. The van der Waals surface area contributed by atoms with E-state index in [0.29, 0.717) is 0 Å². The number of aromatic nitrogens is 4. The Morgan fingerprint density at radius 2 is 2.00 bits per heavy atom. The molecule has 184 valence electrons. The second kappa shape index (κ2) is 9.09. The first-order chi connectivity index (χ1) is 15.3. The molecule has 3 heterocycles. The summed E-state index contributed by atoms with van der Waals surface area (Å²) in [7, 11) is -5.13. The van der Waals surface area contributed by atoms with Gasteiger partial charge < -0.3 is 39.9 Å². The molecule has 2 aromatic rings. The average Bonchev–Trinajstić information content (AvgIpc) is 3.23. The molecule has 0 unspecified atom stereocenters. The van der Waals surface area contributed by atoms with Gasteiger partial charge in [0.2, 0.25) is 5.82 Å². The van der Waals surface area contributed by atoms with Crippen LogP contribution in [0.25, 0.3) is 11.2 Å². The van der Waals surface area contributed by atoms with Crippen LogP contribution in [0.2, 0.25) is 0 Å². The first-order valence-electron chi connectivity index (χ1n) is 9.18. The lowest BCUT2D eigenvalue weighted by molar-refractivity contribution is -0.155. The molecular formula is C15H19F3N5O9P. The molecule has 1 aliphatic heterocycles.